The van der Waals surface area contributed by atoms with E-state index in [1.807, 2.05) is 6.07 Å². The van der Waals surface area contributed by atoms with E-state index in [-0.39, 0.29) is 5.91 Å². The van der Waals surface area contributed by atoms with Gasteiger partial charge in [-0.15, -0.1) is 0 Å². The topological polar surface area (TPSA) is 94.7 Å². The second-order valence-electron chi connectivity index (χ2n) is 8.18. The van der Waals surface area contributed by atoms with Gasteiger partial charge in [0, 0.05) is 23.9 Å². The summed E-state index contributed by atoms with van der Waals surface area (Å²) < 4.78 is 5.35. The van der Waals surface area contributed by atoms with E-state index in [2.05, 4.69) is 26.4 Å². The molecule has 0 atom stereocenters. The number of benzene rings is 2. The summed E-state index contributed by atoms with van der Waals surface area (Å²) in [5.41, 5.74) is 6.69. The monoisotopic (exact) mass is 483 g/mol. The van der Waals surface area contributed by atoms with Crippen molar-refractivity contribution in [1.29, 1.82) is 0 Å². The van der Waals surface area contributed by atoms with Gasteiger partial charge >= 0.3 is 0 Å². The fourth-order valence-corrected chi connectivity index (χ4v) is 3.97. The van der Waals surface area contributed by atoms with E-state index in [4.69, 9.17) is 17.0 Å². The first-order chi connectivity index (χ1) is 16.6. The number of anilines is 1. The van der Waals surface area contributed by atoms with E-state index in [9.17, 15) is 9.59 Å². The van der Waals surface area contributed by atoms with Gasteiger partial charge in [0.05, 0.1) is 12.7 Å². The molecule has 0 aliphatic carbocycles. The molecule has 2 aromatic carbocycles. The number of hydrogen-bond acceptors (Lipinski definition) is 5. The number of nitrogens with one attached hydrogen (secondary N) is 4. The highest BCUT2D eigenvalue weighted by Gasteiger charge is 2.15. The number of carbonyl (C=O) groups is 2. The Balaban J connectivity index is 1.41. The largest absolute Gasteiger partial charge is 0.496 e. The van der Waals surface area contributed by atoms with Crippen LogP contribution in [-0.4, -0.2) is 55.1 Å². The Bertz CT molecular complexity index is 964. The molecule has 1 saturated heterocycles. The van der Waals surface area contributed by atoms with Crippen LogP contribution in [0.25, 0.3) is 0 Å². The van der Waals surface area contributed by atoms with Crippen molar-refractivity contribution in [2.24, 2.45) is 0 Å². The minimum atomic E-state index is -0.396. The Morgan fingerprint density at radius 2 is 1.74 bits per heavy atom. The average Bonchev–Trinajstić information content (AvgIpc) is 2.88. The van der Waals surface area contributed by atoms with Gasteiger partial charge in [-0.25, -0.2) is 0 Å². The van der Waals surface area contributed by atoms with Gasteiger partial charge < -0.3 is 20.3 Å². The van der Waals surface area contributed by atoms with Crippen LogP contribution in [0.5, 0.6) is 5.75 Å². The van der Waals surface area contributed by atoms with Gasteiger partial charge in [0.15, 0.2) is 5.11 Å². The fraction of sp³-hybridized carbons (Fsp3) is 0.400. The molecule has 0 radical (unpaired) electrons. The van der Waals surface area contributed by atoms with Gasteiger partial charge in [0.25, 0.3) is 11.8 Å². The van der Waals surface area contributed by atoms with Crippen molar-refractivity contribution in [1.82, 2.24) is 21.1 Å². The molecule has 2 aromatic rings. The minimum Gasteiger partial charge on any atom is -0.496 e. The third kappa shape index (κ3) is 8.00. The Morgan fingerprint density at radius 3 is 2.47 bits per heavy atom. The number of nitrogens with zero attached hydrogens (tertiary/aromatic N) is 1. The summed E-state index contributed by atoms with van der Waals surface area (Å²) in [6.45, 7) is 4.29. The Labute approximate surface area is 206 Å². The second-order valence-corrected chi connectivity index (χ2v) is 8.59. The lowest BCUT2D eigenvalue weighted by atomic mass is 10.1. The molecule has 0 bridgehead atoms. The quantitative estimate of drug-likeness (QED) is 0.247. The highest BCUT2D eigenvalue weighted by molar-refractivity contribution is 7.80. The number of methoxy groups -OCH3 is 1. The van der Waals surface area contributed by atoms with Crippen LogP contribution < -0.4 is 26.2 Å². The van der Waals surface area contributed by atoms with Crippen LogP contribution in [0.2, 0.25) is 0 Å². The summed E-state index contributed by atoms with van der Waals surface area (Å²) in [6.07, 6.45) is 6.09. The molecule has 1 fully saturated rings. The molecule has 34 heavy (non-hydrogen) atoms. The highest BCUT2D eigenvalue weighted by atomic mass is 32.1. The van der Waals surface area contributed by atoms with Gasteiger partial charge in [-0.2, -0.15) is 0 Å². The number of thiocarbonyl (C=S) groups is 1. The fourth-order valence-electron chi connectivity index (χ4n) is 3.82. The molecule has 2 amide bonds. The maximum absolute atomic E-state index is 12.6. The van der Waals surface area contributed by atoms with Crippen LogP contribution in [0.1, 0.15) is 52.8 Å². The first kappa shape index (κ1) is 25.5. The summed E-state index contributed by atoms with van der Waals surface area (Å²) >= 11 is 5.25. The van der Waals surface area contributed by atoms with Gasteiger partial charge in [0.1, 0.15) is 5.75 Å². The SMILES string of the molecule is COc1cc(NC(=O)c2ccccc2)ccc1C(=O)NNC(=S)NCCCCN1CCCCC1. The molecule has 182 valence electrons. The van der Waals surface area contributed by atoms with Crippen molar-refractivity contribution in [3.63, 3.8) is 0 Å². The predicted octanol–water partition coefficient (Wildman–Crippen LogP) is 3.32. The van der Waals surface area contributed by atoms with Crippen molar-refractivity contribution >= 4 is 34.8 Å². The third-order valence-corrected chi connectivity index (χ3v) is 5.91. The first-order valence-electron chi connectivity index (χ1n) is 11.7. The molecule has 8 nitrogen and oxygen atoms in total. The van der Waals surface area contributed by atoms with Crippen molar-refractivity contribution in [3.8, 4) is 5.75 Å². The van der Waals surface area contributed by atoms with Crippen molar-refractivity contribution in [2.45, 2.75) is 32.1 Å². The third-order valence-electron chi connectivity index (χ3n) is 5.66. The van der Waals surface area contributed by atoms with Crippen LogP contribution in [0.15, 0.2) is 48.5 Å². The summed E-state index contributed by atoms with van der Waals surface area (Å²) in [6, 6.07) is 13.7. The van der Waals surface area contributed by atoms with E-state index >= 15 is 0 Å². The molecule has 1 heterocycles. The number of rotatable bonds is 9. The Hall–Kier alpha value is -3.17. The predicted molar refractivity (Wildman–Crippen MR) is 138 cm³/mol. The van der Waals surface area contributed by atoms with E-state index in [0.29, 0.717) is 27.7 Å². The molecule has 0 aromatic heterocycles. The number of hydrogen-bond donors (Lipinski definition) is 4. The molecule has 4 N–H and O–H groups in total. The van der Waals surface area contributed by atoms with Gasteiger partial charge in [-0.05, 0) is 81.8 Å². The van der Waals surface area contributed by atoms with E-state index in [1.54, 1.807) is 42.5 Å². The molecule has 3 rings (SSSR count). The average molecular weight is 484 g/mol. The van der Waals surface area contributed by atoms with Gasteiger partial charge in [-0.1, -0.05) is 24.6 Å². The highest BCUT2D eigenvalue weighted by Crippen LogP contribution is 2.23. The standard InChI is InChI=1S/C25H33N5O3S/c1-33-22-18-20(27-23(31)19-10-4-2-5-11-19)12-13-21(22)24(32)28-29-25(34)26-14-6-9-17-30-15-7-3-8-16-30/h2,4-5,10-13,18H,3,6-9,14-17H2,1H3,(H,27,31)(H,28,32)(H2,26,29,34). The van der Waals surface area contributed by atoms with Crippen LogP contribution in [0.4, 0.5) is 5.69 Å². The molecular weight excluding hydrogens is 450 g/mol. The summed E-state index contributed by atoms with van der Waals surface area (Å²) in [4.78, 5) is 27.5. The summed E-state index contributed by atoms with van der Waals surface area (Å²) in [5, 5.41) is 6.27. The maximum atomic E-state index is 12.6. The lowest BCUT2D eigenvalue weighted by Gasteiger charge is -2.26. The molecule has 1 aliphatic rings. The summed E-state index contributed by atoms with van der Waals surface area (Å²) in [5.74, 6) is -0.303. The van der Waals surface area contributed by atoms with Crippen LogP contribution in [-0.2, 0) is 0 Å². The molecule has 9 heteroatoms. The lowest BCUT2D eigenvalue weighted by Crippen LogP contribution is -2.47. The first-order valence-corrected chi connectivity index (χ1v) is 12.1. The van der Waals surface area contributed by atoms with Crippen LogP contribution in [0, 0.1) is 0 Å². The second kappa shape index (κ2) is 13.5. The molecule has 0 saturated carbocycles. The Morgan fingerprint density at radius 1 is 0.971 bits per heavy atom. The molecule has 1 aliphatic heterocycles. The normalized spacial score (nSPS) is 13.6. The number of hydrazine groups is 1. The van der Waals surface area contributed by atoms with E-state index < -0.39 is 5.91 Å². The smallest absolute Gasteiger partial charge is 0.273 e. The Kier molecular flexibility index (Phi) is 10.1. The zero-order valence-corrected chi connectivity index (χ0v) is 20.4. The number of piperidine rings is 1. The van der Waals surface area contributed by atoms with Gasteiger partial charge in [-0.3, -0.25) is 20.4 Å². The van der Waals surface area contributed by atoms with E-state index in [0.717, 1.165) is 25.9 Å². The van der Waals surface area contributed by atoms with Crippen LogP contribution >= 0.6 is 12.2 Å². The maximum Gasteiger partial charge on any atom is 0.273 e. The van der Waals surface area contributed by atoms with Gasteiger partial charge in [0.2, 0.25) is 0 Å². The number of carbonyl (C=O) groups excluding carboxylic acids is 2. The molecule has 0 unspecified atom stereocenters. The number of ether oxygens (including phenoxy) is 1. The number of unbranched alkanes of at least 4 members (excludes halogenated alkanes) is 1. The molecule has 0 spiro atoms. The van der Waals surface area contributed by atoms with Crippen LogP contribution in [0.3, 0.4) is 0 Å². The summed E-state index contributed by atoms with van der Waals surface area (Å²) in [7, 11) is 1.47. The van der Waals surface area contributed by atoms with E-state index in [1.165, 1.54) is 39.5 Å². The minimum absolute atomic E-state index is 0.242. The van der Waals surface area contributed by atoms with Crippen molar-refractivity contribution in [2.75, 3.05) is 38.6 Å². The number of likely N-dealkylation sites (tertiary alicyclic amines) is 1. The zero-order chi connectivity index (χ0) is 24.2. The van der Waals surface area contributed by atoms with Crippen molar-refractivity contribution < 1.29 is 14.3 Å². The van der Waals surface area contributed by atoms with Crippen molar-refractivity contribution in [3.05, 3.63) is 59.7 Å². The molecular formula is C25H33N5O3S. The zero-order valence-electron chi connectivity index (χ0n) is 19.6. The number of amides is 2. The lowest BCUT2D eigenvalue weighted by molar-refractivity contribution is 0.0940.